The molecular weight excluding hydrogens is 364 g/mol. The van der Waals surface area contributed by atoms with Crippen LogP contribution in [0.5, 0.6) is 0 Å². The predicted molar refractivity (Wildman–Crippen MR) is 101 cm³/mol. The van der Waals surface area contributed by atoms with Gasteiger partial charge in [0.25, 0.3) is 11.6 Å². The van der Waals surface area contributed by atoms with Gasteiger partial charge in [-0.3, -0.25) is 19.8 Å². The van der Waals surface area contributed by atoms with Gasteiger partial charge in [0.05, 0.1) is 11.5 Å². The Labute approximate surface area is 163 Å². The summed E-state index contributed by atoms with van der Waals surface area (Å²) in [6, 6.07) is 4.18. The molecule has 1 atom stereocenters. The van der Waals surface area contributed by atoms with Crippen molar-refractivity contribution in [3.63, 3.8) is 0 Å². The van der Waals surface area contributed by atoms with E-state index < -0.39 is 28.6 Å². The van der Waals surface area contributed by atoms with Crippen molar-refractivity contribution in [3.05, 3.63) is 39.9 Å². The molecule has 152 valence electrons. The van der Waals surface area contributed by atoms with Crippen LogP contribution in [0.4, 0.5) is 5.69 Å². The highest BCUT2D eigenvalue weighted by atomic mass is 16.6. The number of non-ortho nitro benzene ring substituents is 1. The van der Waals surface area contributed by atoms with Crippen molar-refractivity contribution >= 4 is 17.6 Å². The van der Waals surface area contributed by atoms with Gasteiger partial charge in [-0.25, -0.2) is 4.79 Å². The zero-order valence-corrected chi connectivity index (χ0v) is 16.4. The van der Waals surface area contributed by atoms with Crippen LogP contribution >= 0.6 is 0 Å². The van der Waals surface area contributed by atoms with E-state index in [2.05, 4.69) is 20.8 Å². The average Bonchev–Trinajstić information content (AvgIpc) is 2.99. The first-order valence-electron chi connectivity index (χ1n) is 9.50. The molecule has 1 aromatic carbocycles. The average molecular weight is 390 g/mol. The number of benzene rings is 1. The molecule has 1 N–H and O–H groups in total. The lowest BCUT2D eigenvalue weighted by Crippen LogP contribution is -2.55. The minimum Gasteiger partial charge on any atom is -0.480 e. The highest BCUT2D eigenvalue weighted by Gasteiger charge is 2.54. The summed E-state index contributed by atoms with van der Waals surface area (Å²) in [4.78, 5) is 36.6. The Morgan fingerprint density at radius 1 is 1.21 bits per heavy atom. The fraction of sp³-hybridized carbons (Fsp3) is 0.600. The van der Waals surface area contributed by atoms with E-state index in [0.717, 1.165) is 12.8 Å². The molecule has 1 saturated carbocycles. The first-order valence-corrected chi connectivity index (χ1v) is 9.50. The quantitative estimate of drug-likeness (QED) is 0.625. The molecule has 8 heteroatoms. The molecule has 2 aliphatic rings. The number of hydrogen-bond donors (Lipinski definition) is 1. The Kier molecular flexibility index (Phi) is 5.18. The second-order valence-corrected chi connectivity index (χ2v) is 8.73. The largest absolute Gasteiger partial charge is 0.480 e. The number of nitro benzene ring substituents is 1. The molecule has 8 nitrogen and oxygen atoms in total. The Balaban J connectivity index is 1.89. The standard InChI is InChI=1S/C20H26N2O6/c1-19(2,3)14-8-10-20(11-9-14)21(16(12-28-20)18(24)25)17(23)13-4-6-15(7-5-13)22(26)27/h4-7,14,16H,8-12H2,1-3H3,(H,24,25). The van der Waals surface area contributed by atoms with Crippen LogP contribution in [0.1, 0.15) is 56.8 Å². The van der Waals surface area contributed by atoms with Gasteiger partial charge in [0.15, 0.2) is 6.04 Å². The Morgan fingerprint density at radius 2 is 1.79 bits per heavy atom. The molecule has 1 spiro atoms. The summed E-state index contributed by atoms with van der Waals surface area (Å²) < 4.78 is 5.95. The Hall–Kier alpha value is -2.48. The molecule has 3 rings (SSSR count). The maximum absolute atomic E-state index is 13.2. The molecular formula is C20H26N2O6. The van der Waals surface area contributed by atoms with E-state index in [0.29, 0.717) is 18.8 Å². The molecule has 1 aliphatic heterocycles. The van der Waals surface area contributed by atoms with Crippen LogP contribution in [0.15, 0.2) is 24.3 Å². The smallest absolute Gasteiger partial charge is 0.328 e. The minimum absolute atomic E-state index is 0.0474. The molecule has 1 saturated heterocycles. The van der Waals surface area contributed by atoms with Crippen molar-refractivity contribution in [3.8, 4) is 0 Å². The lowest BCUT2D eigenvalue weighted by Gasteiger charge is -2.46. The van der Waals surface area contributed by atoms with Gasteiger partial charge >= 0.3 is 5.97 Å². The summed E-state index contributed by atoms with van der Waals surface area (Å²) >= 11 is 0. The number of carboxylic acid groups (broad SMARTS) is 1. The van der Waals surface area contributed by atoms with E-state index in [1.54, 1.807) is 0 Å². The number of carboxylic acids is 1. The lowest BCUT2D eigenvalue weighted by molar-refractivity contribution is -0.384. The molecule has 1 heterocycles. The third-order valence-electron chi connectivity index (χ3n) is 6.08. The van der Waals surface area contributed by atoms with Crippen LogP contribution in [0.25, 0.3) is 0 Å². The monoisotopic (exact) mass is 390 g/mol. The van der Waals surface area contributed by atoms with Crippen molar-refractivity contribution in [2.45, 2.75) is 58.2 Å². The zero-order chi connectivity index (χ0) is 20.7. The van der Waals surface area contributed by atoms with Crippen LogP contribution < -0.4 is 0 Å². The van der Waals surface area contributed by atoms with Crippen LogP contribution in [0.2, 0.25) is 0 Å². The first kappa shape index (κ1) is 20.3. The summed E-state index contributed by atoms with van der Waals surface area (Å²) in [6.45, 7) is 6.51. The maximum atomic E-state index is 13.2. The highest BCUT2D eigenvalue weighted by molar-refractivity contribution is 5.97. The number of ether oxygens (including phenoxy) is 1. The van der Waals surface area contributed by atoms with Crippen molar-refractivity contribution in [2.75, 3.05) is 6.61 Å². The normalized spacial score (nSPS) is 27.8. The number of amides is 1. The number of carbonyl (C=O) groups is 2. The van der Waals surface area contributed by atoms with Gasteiger partial charge in [-0.2, -0.15) is 0 Å². The number of carbonyl (C=O) groups excluding carboxylic acids is 1. The molecule has 1 aromatic rings. The van der Waals surface area contributed by atoms with Gasteiger partial charge in [0.2, 0.25) is 0 Å². The van der Waals surface area contributed by atoms with E-state index >= 15 is 0 Å². The molecule has 0 aromatic heterocycles. The first-order chi connectivity index (χ1) is 13.0. The highest BCUT2D eigenvalue weighted by Crippen LogP contribution is 2.47. The molecule has 0 radical (unpaired) electrons. The maximum Gasteiger partial charge on any atom is 0.328 e. The van der Waals surface area contributed by atoms with Crippen molar-refractivity contribution in [1.82, 2.24) is 4.90 Å². The van der Waals surface area contributed by atoms with Crippen molar-refractivity contribution in [2.24, 2.45) is 11.3 Å². The Morgan fingerprint density at radius 3 is 2.25 bits per heavy atom. The third-order valence-corrected chi connectivity index (χ3v) is 6.08. The van der Waals surface area contributed by atoms with E-state index in [9.17, 15) is 24.8 Å². The van der Waals surface area contributed by atoms with Gasteiger partial charge in [0.1, 0.15) is 5.72 Å². The number of nitrogens with zero attached hydrogens (tertiary/aromatic N) is 2. The van der Waals surface area contributed by atoms with Crippen LogP contribution in [-0.2, 0) is 9.53 Å². The fourth-order valence-electron chi connectivity index (χ4n) is 4.36. The Bertz CT molecular complexity index is 775. The zero-order valence-electron chi connectivity index (χ0n) is 16.4. The second kappa shape index (κ2) is 7.16. The molecule has 28 heavy (non-hydrogen) atoms. The van der Waals surface area contributed by atoms with E-state index in [4.69, 9.17) is 4.74 Å². The van der Waals surface area contributed by atoms with E-state index in [1.807, 2.05) is 0 Å². The summed E-state index contributed by atoms with van der Waals surface area (Å²) in [6.07, 6.45) is 2.86. The topological polar surface area (TPSA) is 110 Å². The third kappa shape index (κ3) is 3.61. The van der Waals surface area contributed by atoms with E-state index in [-0.39, 0.29) is 23.3 Å². The summed E-state index contributed by atoms with van der Waals surface area (Å²) in [5.41, 5.74) is -0.687. The molecule has 0 bridgehead atoms. The van der Waals surface area contributed by atoms with Crippen LogP contribution in [-0.4, -0.2) is 45.2 Å². The minimum atomic E-state index is -1.11. The number of hydrogen-bond acceptors (Lipinski definition) is 5. The van der Waals surface area contributed by atoms with Crippen LogP contribution in [0.3, 0.4) is 0 Å². The molecule has 2 fully saturated rings. The van der Waals surface area contributed by atoms with E-state index in [1.165, 1.54) is 29.2 Å². The second-order valence-electron chi connectivity index (χ2n) is 8.73. The van der Waals surface area contributed by atoms with Gasteiger partial charge in [-0.05, 0) is 49.1 Å². The molecule has 1 aliphatic carbocycles. The number of nitro groups is 1. The predicted octanol–water partition coefficient (Wildman–Crippen LogP) is 3.45. The van der Waals surface area contributed by atoms with Gasteiger partial charge < -0.3 is 9.84 Å². The SMILES string of the molecule is CC(C)(C)C1CCC2(CC1)OCC(C(=O)O)N2C(=O)c1ccc([N+](=O)[O-])cc1. The van der Waals surface area contributed by atoms with Gasteiger partial charge in [-0.1, -0.05) is 20.8 Å². The van der Waals surface area contributed by atoms with Crippen molar-refractivity contribution in [1.29, 1.82) is 0 Å². The lowest BCUT2D eigenvalue weighted by atomic mass is 9.70. The van der Waals surface area contributed by atoms with Gasteiger partial charge in [0, 0.05) is 17.7 Å². The van der Waals surface area contributed by atoms with Crippen molar-refractivity contribution < 1.29 is 24.4 Å². The fourth-order valence-corrected chi connectivity index (χ4v) is 4.36. The molecule has 1 unspecified atom stereocenters. The summed E-state index contributed by atoms with van der Waals surface area (Å²) in [7, 11) is 0. The summed E-state index contributed by atoms with van der Waals surface area (Å²) in [5, 5.41) is 20.5. The number of rotatable bonds is 3. The summed E-state index contributed by atoms with van der Waals surface area (Å²) in [5.74, 6) is -1.10. The number of aliphatic carboxylic acids is 1. The van der Waals surface area contributed by atoms with Crippen LogP contribution in [0, 0.1) is 21.4 Å². The van der Waals surface area contributed by atoms with Gasteiger partial charge in [-0.15, -0.1) is 0 Å². The molecule has 1 amide bonds.